The van der Waals surface area contributed by atoms with Gasteiger partial charge >= 0.3 is 0 Å². The van der Waals surface area contributed by atoms with Crippen molar-refractivity contribution in [2.45, 2.75) is 79.3 Å². The van der Waals surface area contributed by atoms with E-state index in [1.54, 1.807) is 0 Å². The summed E-state index contributed by atoms with van der Waals surface area (Å²) in [5.41, 5.74) is 0. The number of hydrogen-bond acceptors (Lipinski definition) is 2. The van der Waals surface area contributed by atoms with Crippen molar-refractivity contribution in [2.75, 3.05) is 19.6 Å². The molecule has 0 aromatic rings. The van der Waals surface area contributed by atoms with Crippen LogP contribution in [0.3, 0.4) is 0 Å². The lowest BCUT2D eigenvalue weighted by molar-refractivity contribution is 0.161. The molecule has 0 aliphatic heterocycles. The first kappa shape index (κ1) is 17.9. The summed E-state index contributed by atoms with van der Waals surface area (Å²) < 4.78 is 0. The summed E-state index contributed by atoms with van der Waals surface area (Å²) in [4.78, 5) is 2.71. The van der Waals surface area contributed by atoms with Crippen LogP contribution in [0.1, 0.15) is 67.2 Å². The van der Waals surface area contributed by atoms with Crippen molar-refractivity contribution in [1.29, 1.82) is 0 Å². The Morgan fingerprint density at radius 1 is 1.00 bits per heavy atom. The summed E-state index contributed by atoms with van der Waals surface area (Å²) in [7, 11) is 0. The van der Waals surface area contributed by atoms with Crippen LogP contribution in [-0.2, 0) is 0 Å². The fourth-order valence-electron chi connectivity index (χ4n) is 2.75. The topological polar surface area (TPSA) is 15.3 Å². The molecule has 1 N–H and O–H groups in total. The second-order valence-corrected chi connectivity index (χ2v) is 5.96. The van der Waals surface area contributed by atoms with E-state index in [1.165, 1.54) is 38.8 Å². The van der Waals surface area contributed by atoms with Crippen LogP contribution in [0.5, 0.6) is 0 Å². The van der Waals surface area contributed by atoms with Crippen LogP contribution in [0, 0.1) is 5.92 Å². The fraction of sp³-hybridized carbons (Fsp3) is 1.00. The highest BCUT2D eigenvalue weighted by Crippen LogP contribution is 2.13. The minimum absolute atomic E-state index is 0.664. The first-order valence-corrected chi connectivity index (χ1v) is 8.02. The van der Waals surface area contributed by atoms with Gasteiger partial charge in [-0.1, -0.05) is 34.6 Å². The van der Waals surface area contributed by atoms with Gasteiger partial charge in [0.05, 0.1) is 0 Å². The van der Waals surface area contributed by atoms with Crippen molar-refractivity contribution < 1.29 is 0 Å². The maximum Gasteiger partial charge on any atom is 0.00901 e. The molecule has 0 fully saturated rings. The summed E-state index contributed by atoms with van der Waals surface area (Å²) in [5.74, 6) is 0.775. The summed E-state index contributed by atoms with van der Waals surface area (Å²) in [5, 5.41) is 3.50. The minimum Gasteiger partial charge on any atom is -0.315 e. The van der Waals surface area contributed by atoms with E-state index in [0.29, 0.717) is 6.04 Å². The first-order valence-electron chi connectivity index (χ1n) is 8.02. The Bertz CT molecular complexity index is 176. The monoisotopic (exact) mass is 256 g/mol. The van der Waals surface area contributed by atoms with E-state index in [2.05, 4.69) is 51.8 Å². The predicted octanol–water partition coefficient (Wildman–Crippen LogP) is 3.91. The zero-order valence-electron chi connectivity index (χ0n) is 13.6. The second kappa shape index (κ2) is 10.8. The van der Waals surface area contributed by atoms with E-state index in [9.17, 15) is 0 Å². The molecular weight excluding hydrogens is 220 g/mol. The van der Waals surface area contributed by atoms with Crippen molar-refractivity contribution in [3.63, 3.8) is 0 Å². The highest BCUT2D eigenvalue weighted by atomic mass is 15.1. The molecule has 1 unspecified atom stereocenters. The molecular formula is C16H36N2. The average molecular weight is 256 g/mol. The number of nitrogens with zero attached hydrogens (tertiary/aromatic N) is 1. The molecule has 0 spiro atoms. The Labute approximate surface area is 116 Å². The molecule has 0 saturated carbocycles. The number of rotatable bonds is 11. The standard InChI is InChI=1S/C16H36N2/c1-7-16(8-2)18(13-14(4)5)12-10-11-15(6)17-9-3/h14-17H,7-13H2,1-6H3. The van der Waals surface area contributed by atoms with Crippen LogP contribution >= 0.6 is 0 Å². The van der Waals surface area contributed by atoms with Gasteiger partial charge in [0.25, 0.3) is 0 Å². The van der Waals surface area contributed by atoms with Crippen LogP contribution in [0.15, 0.2) is 0 Å². The molecule has 0 bridgehead atoms. The average Bonchev–Trinajstić information content (AvgIpc) is 2.30. The Morgan fingerprint density at radius 3 is 2.06 bits per heavy atom. The molecule has 0 heterocycles. The number of nitrogens with one attached hydrogen (secondary N) is 1. The summed E-state index contributed by atoms with van der Waals surface area (Å²) in [6, 6.07) is 1.44. The van der Waals surface area contributed by atoms with Crippen LogP contribution in [0.25, 0.3) is 0 Å². The first-order chi connectivity index (χ1) is 8.54. The summed E-state index contributed by atoms with van der Waals surface area (Å²) in [6.45, 7) is 17.4. The zero-order chi connectivity index (χ0) is 14.0. The molecule has 2 heteroatoms. The van der Waals surface area contributed by atoms with Crippen molar-refractivity contribution in [1.82, 2.24) is 10.2 Å². The smallest absolute Gasteiger partial charge is 0.00901 e. The molecule has 0 aromatic carbocycles. The van der Waals surface area contributed by atoms with Crippen molar-refractivity contribution in [3.05, 3.63) is 0 Å². The Balaban J connectivity index is 4.07. The van der Waals surface area contributed by atoms with Gasteiger partial charge in [0.2, 0.25) is 0 Å². The Kier molecular flexibility index (Phi) is 10.8. The van der Waals surface area contributed by atoms with E-state index >= 15 is 0 Å². The van der Waals surface area contributed by atoms with E-state index in [1.807, 2.05) is 0 Å². The maximum absolute atomic E-state index is 3.50. The molecule has 0 radical (unpaired) electrons. The normalized spacial score (nSPS) is 13.8. The third-order valence-corrected chi connectivity index (χ3v) is 3.69. The van der Waals surface area contributed by atoms with Crippen molar-refractivity contribution >= 4 is 0 Å². The molecule has 0 rings (SSSR count). The van der Waals surface area contributed by atoms with Gasteiger partial charge in [-0.3, -0.25) is 0 Å². The largest absolute Gasteiger partial charge is 0.315 e. The van der Waals surface area contributed by atoms with E-state index in [0.717, 1.165) is 18.5 Å². The molecule has 0 aromatic heterocycles. The second-order valence-electron chi connectivity index (χ2n) is 5.96. The molecule has 0 saturated heterocycles. The van der Waals surface area contributed by atoms with Crippen molar-refractivity contribution in [3.8, 4) is 0 Å². The van der Waals surface area contributed by atoms with Gasteiger partial charge in [0, 0.05) is 18.6 Å². The molecule has 0 aliphatic rings. The van der Waals surface area contributed by atoms with Crippen LogP contribution in [-0.4, -0.2) is 36.6 Å². The fourth-order valence-corrected chi connectivity index (χ4v) is 2.75. The maximum atomic E-state index is 3.50. The predicted molar refractivity (Wildman–Crippen MR) is 83.2 cm³/mol. The SMILES string of the molecule is CCNC(C)CCCN(CC(C)C)C(CC)CC. The van der Waals surface area contributed by atoms with E-state index < -0.39 is 0 Å². The third kappa shape index (κ3) is 8.10. The highest BCUT2D eigenvalue weighted by Gasteiger charge is 2.16. The summed E-state index contributed by atoms with van der Waals surface area (Å²) in [6.07, 6.45) is 5.18. The summed E-state index contributed by atoms with van der Waals surface area (Å²) >= 11 is 0. The number of hydrogen-bond donors (Lipinski definition) is 1. The third-order valence-electron chi connectivity index (χ3n) is 3.69. The van der Waals surface area contributed by atoms with Gasteiger partial charge in [-0.15, -0.1) is 0 Å². The molecule has 0 amide bonds. The lowest BCUT2D eigenvalue weighted by Crippen LogP contribution is -2.38. The van der Waals surface area contributed by atoms with Gasteiger partial charge in [0.1, 0.15) is 0 Å². The molecule has 0 aliphatic carbocycles. The quantitative estimate of drug-likeness (QED) is 0.603. The van der Waals surface area contributed by atoms with Crippen LogP contribution < -0.4 is 5.32 Å². The van der Waals surface area contributed by atoms with E-state index in [4.69, 9.17) is 0 Å². The molecule has 18 heavy (non-hydrogen) atoms. The van der Waals surface area contributed by atoms with Gasteiger partial charge in [0.15, 0.2) is 0 Å². The van der Waals surface area contributed by atoms with Gasteiger partial charge in [-0.05, 0) is 51.6 Å². The lowest BCUT2D eigenvalue weighted by Gasteiger charge is -2.32. The lowest BCUT2D eigenvalue weighted by atomic mass is 10.1. The Morgan fingerprint density at radius 2 is 1.61 bits per heavy atom. The van der Waals surface area contributed by atoms with Gasteiger partial charge < -0.3 is 10.2 Å². The van der Waals surface area contributed by atoms with E-state index in [-0.39, 0.29) is 0 Å². The molecule has 1 atom stereocenters. The Hall–Kier alpha value is -0.0800. The van der Waals surface area contributed by atoms with Crippen molar-refractivity contribution in [2.24, 2.45) is 5.92 Å². The van der Waals surface area contributed by atoms with Gasteiger partial charge in [-0.25, -0.2) is 0 Å². The minimum atomic E-state index is 0.664. The molecule has 2 nitrogen and oxygen atoms in total. The van der Waals surface area contributed by atoms with Crippen LogP contribution in [0.4, 0.5) is 0 Å². The van der Waals surface area contributed by atoms with Crippen LogP contribution in [0.2, 0.25) is 0 Å². The van der Waals surface area contributed by atoms with Gasteiger partial charge in [-0.2, -0.15) is 0 Å². The zero-order valence-corrected chi connectivity index (χ0v) is 13.6. The molecule has 110 valence electrons. The highest BCUT2D eigenvalue weighted by molar-refractivity contribution is 4.71.